The smallest absolute Gasteiger partial charge is 0.312 e. The van der Waals surface area contributed by atoms with Crippen molar-refractivity contribution in [1.82, 2.24) is 0 Å². The fraction of sp³-hybridized carbons (Fsp3) is 0.103. The van der Waals surface area contributed by atoms with Gasteiger partial charge in [0.2, 0.25) is 0 Å². The predicted molar refractivity (Wildman–Crippen MR) is 136 cm³/mol. The van der Waals surface area contributed by atoms with Crippen molar-refractivity contribution in [2.45, 2.75) is 12.3 Å². The van der Waals surface area contributed by atoms with Crippen LogP contribution in [0.3, 0.4) is 0 Å². The van der Waals surface area contributed by atoms with Crippen LogP contribution in [0.1, 0.15) is 23.5 Å². The van der Waals surface area contributed by atoms with Gasteiger partial charge in [-0.05, 0) is 35.2 Å². The number of phenols is 3. The summed E-state index contributed by atoms with van der Waals surface area (Å²) in [5.74, 6) is -1.24. The molecule has 0 amide bonds. The molecule has 1 aromatic heterocycles. The highest BCUT2D eigenvalue weighted by Gasteiger charge is 2.34. The molecule has 1 atom stereocenters. The zero-order valence-electron chi connectivity index (χ0n) is 19.5. The van der Waals surface area contributed by atoms with E-state index in [1.54, 1.807) is 7.11 Å². The Kier molecular flexibility index (Phi) is 5.05. The average Bonchev–Trinajstić information content (AvgIpc) is 2.88. The van der Waals surface area contributed by atoms with Crippen LogP contribution in [-0.4, -0.2) is 28.4 Å². The van der Waals surface area contributed by atoms with Gasteiger partial charge in [-0.3, -0.25) is 9.59 Å². The maximum Gasteiger partial charge on any atom is 0.312 e. The molecule has 1 aliphatic heterocycles. The Balaban J connectivity index is 1.67. The summed E-state index contributed by atoms with van der Waals surface area (Å²) < 4.78 is 17.2. The van der Waals surface area contributed by atoms with E-state index in [1.165, 1.54) is 30.3 Å². The number of carbonyl (C=O) groups is 1. The number of carbonyl (C=O) groups excluding carboxylic acids is 1. The van der Waals surface area contributed by atoms with Gasteiger partial charge in [-0.2, -0.15) is 0 Å². The van der Waals surface area contributed by atoms with Crippen LogP contribution >= 0.6 is 0 Å². The van der Waals surface area contributed by atoms with Gasteiger partial charge in [-0.25, -0.2) is 0 Å². The average molecular weight is 496 g/mol. The fourth-order valence-electron chi connectivity index (χ4n) is 5.02. The predicted octanol–water partition coefficient (Wildman–Crippen LogP) is 5.18. The minimum absolute atomic E-state index is 0.0167. The number of hydrogen-bond acceptors (Lipinski definition) is 8. The van der Waals surface area contributed by atoms with E-state index >= 15 is 0 Å². The maximum atomic E-state index is 13.2. The number of esters is 1. The molecule has 0 radical (unpaired) electrons. The number of phenolic OH excluding ortho intramolecular Hbond substituents is 3. The summed E-state index contributed by atoms with van der Waals surface area (Å²) in [5, 5.41) is 32.0. The molecule has 8 nitrogen and oxygen atoms in total. The molecular weight excluding hydrogens is 476 g/mol. The van der Waals surface area contributed by atoms with Gasteiger partial charge < -0.3 is 29.2 Å². The van der Waals surface area contributed by atoms with Crippen LogP contribution < -0.4 is 14.9 Å². The van der Waals surface area contributed by atoms with E-state index in [9.17, 15) is 24.9 Å². The molecule has 1 aliphatic rings. The maximum absolute atomic E-state index is 13.2. The Hall–Kier alpha value is -4.98. The van der Waals surface area contributed by atoms with Crippen molar-refractivity contribution < 1.29 is 34.0 Å². The normalized spacial score (nSPS) is 14.9. The van der Waals surface area contributed by atoms with Crippen molar-refractivity contribution in [1.29, 1.82) is 0 Å². The molecule has 0 saturated carbocycles. The molecule has 1 unspecified atom stereocenters. The van der Waals surface area contributed by atoms with E-state index in [2.05, 4.69) is 0 Å². The summed E-state index contributed by atoms with van der Waals surface area (Å²) in [6.45, 7) is 0. The van der Waals surface area contributed by atoms with Crippen molar-refractivity contribution in [3.05, 3.63) is 88.1 Å². The zero-order chi connectivity index (χ0) is 25.8. The monoisotopic (exact) mass is 496 g/mol. The van der Waals surface area contributed by atoms with Crippen LogP contribution in [0, 0.1) is 0 Å². The topological polar surface area (TPSA) is 126 Å². The lowest BCUT2D eigenvalue weighted by Crippen LogP contribution is -2.22. The Labute approximate surface area is 209 Å². The first-order valence-corrected chi connectivity index (χ1v) is 11.5. The molecule has 0 spiro atoms. The van der Waals surface area contributed by atoms with Crippen molar-refractivity contribution in [2.24, 2.45) is 0 Å². The quantitative estimate of drug-likeness (QED) is 0.177. The van der Waals surface area contributed by atoms with Gasteiger partial charge >= 0.3 is 5.97 Å². The highest BCUT2D eigenvalue weighted by Crippen LogP contribution is 2.48. The SMILES string of the molecule is COc1ccc(C2CC(=O)Oc3cc(O)c4c(=O)cc(-c5ccc(O)c(O)c5)oc4c32)c2ccccc12. The van der Waals surface area contributed by atoms with Crippen LogP contribution in [-0.2, 0) is 4.79 Å². The number of fused-ring (bicyclic) bond motifs is 4. The summed E-state index contributed by atoms with van der Waals surface area (Å²) in [5.41, 5.74) is 1.15. The fourth-order valence-corrected chi connectivity index (χ4v) is 5.02. The first kappa shape index (κ1) is 22.5. The number of aromatic hydroxyl groups is 3. The third-order valence-corrected chi connectivity index (χ3v) is 6.70. The van der Waals surface area contributed by atoms with E-state index in [4.69, 9.17) is 13.9 Å². The molecule has 2 heterocycles. The zero-order valence-corrected chi connectivity index (χ0v) is 19.5. The molecule has 0 aliphatic carbocycles. The van der Waals surface area contributed by atoms with Gasteiger partial charge in [-0.1, -0.05) is 30.3 Å². The minimum atomic E-state index is -0.554. The van der Waals surface area contributed by atoms with Crippen LogP contribution in [0.15, 0.2) is 75.9 Å². The third-order valence-electron chi connectivity index (χ3n) is 6.70. The highest BCUT2D eigenvalue weighted by molar-refractivity contribution is 5.96. The van der Waals surface area contributed by atoms with Gasteiger partial charge in [0.05, 0.1) is 13.5 Å². The van der Waals surface area contributed by atoms with Crippen molar-refractivity contribution in [3.8, 4) is 40.1 Å². The number of rotatable bonds is 3. The molecule has 6 rings (SSSR count). The molecule has 4 aromatic carbocycles. The molecule has 37 heavy (non-hydrogen) atoms. The summed E-state index contributed by atoms with van der Waals surface area (Å²) in [4.78, 5) is 25.8. The molecular formula is C29H20O8. The van der Waals surface area contributed by atoms with Gasteiger partial charge in [0.1, 0.15) is 34.0 Å². The van der Waals surface area contributed by atoms with E-state index in [0.717, 1.165) is 16.3 Å². The number of methoxy groups -OCH3 is 1. The van der Waals surface area contributed by atoms with Crippen molar-refractivity contribution in [2.75, 3.05) is 7.11 Å². The highest BCUT2D eigenvalue weighted by atomic mass is 16.5. The second-order valence-electron chi connectivity index (χ2n) is 8.82. The van der Waals surface area contributed by atoms with Crippen molar-refractivity contribution in [3.63, 3.8) is 0 Å². The lowest BCUT2D eigenvalue weighted by atomic mass is 9.82. The second-order valence-corrected chi connectivity index (χ2v) is 8.82. The third kappa shape index (κ3) is 3.53. The molecule has 8 heteroatoms. The summed E-state index contributed by atoms with van der Waals surface area (Å²) in [6, 6.07) is 17.8. The summed E-state index contributed by atoms with van der Waals surface area (Å²) >= 11 is 0. The van der Waals surface area contributed by atoms with Gasteiger partial charge in [0.15, 0.2) is 16.9 Å². The molecule has 0 fully saturated rings. The van der Waals surface area contributed by atoms with E-state index < -0.39 is 17.3 Å². The van der Waals surface area contributed by atoms with Crippen LogP contribution in [0.25, 0.3) is 33.1 Å². The summed E-state index contributed by atoms with van der Waals surface area (Å²) in [7, 11) is 1.59. The standard InChI is InChI=1S/C29H20O8/c1-35-23-9-7-16(15-4-2-3-5-17(15)23)18-11-26(34)36-25-13-22(33)28-21(32)12-24(37-29(28)27(18)25)14-6-8-19(30)20(31)10-14/h2-10,12-13,18,30-31,33H,11H2,1H3. The molecule has 184 valence electrons. The Morgan fingerprint density at radius 2 is 1.65 bits per heavy atom. The minimum Gasteiger partial charge on any atom is -0.507 e. The Morgan fingerprint density at radius 1 is 0.865 bits per heavy atom. The molecule has 3 N–H and O–H groups in total. The van der Waals surface area contributed by atoms with Gasteiger partial charge in [-0.15, -0.1) is 0 Å². The van der Waals surface area contributed by atoms with E-state index in [-0.39, 0.29) is 46.1 Å². The van der Waals surface area contributed by atoms with Crippen LogP contribution in [0.4, 0.5) is 0 Å². The Bertz CT molecular complexity index is 1800. The van der Waals surface area contributed by atoms with Gasteiger partial charge in [0, 0.05) is 34.6 Å². The number of ether oxygens (including phenoxy) is 2. The Morgan fingerprint density at radius 3 is 2.41 bits per heavy atom. The van der Waals surface area contributed by atoms with E-state index in [0.29, 0.717) is 16.9 Å². The van der Waals surface area contributed by atoms with Crippen LogP contribution in [0.5, 0.6) is 28.7 Å². The molecule has 0 bridgehead atoms. The molecule has 5 aromatic rings. The second kappa shape index (κ2) is 8.30. The molecule has 0 saturated heterocycles. The summed E-state index contributed by atoms with van der Waals surface area (Å²) in [6.07, 6.45) is -0.0167. The van der Waals surface area contributed by atoms with E-state index in [1.807, 2.05) is 36.4 Å². The van der Waals surface area contributed by atoms with Gasteiger partial charge in [0.25, 0.3) is 0 Å². The number of hydrogen-bond donors (Lipinski definition) is 3. The first-order valence-electron chi connectivity index (χ1n) is 11.5. The van der Waals surface area contributed by atoms with Crippen molar-refractivity contribution >= 4 is 27.7 Å². The lowest BCUT2D eigenvalue weighted by molar-refractivity contribution is -0.135. The lowest BCUT2D eigenvalue weighted by Gasteiger charge is -2.27. The first-order chi connectivity index (χ1) is 17.9. The number of benzene rings is 4. The largest absolute Gasteiger partial charge is 0.507 e. The van der Waals surface area contributed by atoms with Crippen LogP contribution in [0.2, 0.25) is 0 Å².